The lowest BCUT2D eigenvalue weighted by Crippen LogP contribution is -2.56. The van der Waals surface area contributed by atoms with E-state index in [0.29, 0.717) is 26.2 Å². The zero-order valence-corrected chi connectivity index (χ0v) is 15.9. The summed E-state index contributed by atoms with van der Waals surface area (Å²) < 4.78 is 43.7. The Hall–Kier alpha value is -1.77. The second kappa shape index (κ2) is 8.75. The Bertz CT molecular complexity index is 587. The van der Waals surface area contributed by atoms with Crippen molar-refractivity contribution in [3.8, 4) is 0 Å². The third-order valence-electron chi connectivity index (χ3n) is 4.91. The molecule has 1 aromatic heterocycles. The normalized spacial score (nSPS) is 18.3. The Balaban J connectivity index is 1.76. The van der Waals surface area contributed by atoms with Gasteiger partial charge >= 0.3 is 6.18 Å². The Kier molecular flexibility index (Phi) is 6.91. The maximum absolute atomic E-state index is 12.8. The number of aryl methyl sites for hydroxylation is 2. The standard InChI is InChI=1S/C17H28F3N5O/c1-12-15(13(2)26-23-12)6-5-7-22-16(21-4)25-10-8-24(9-11-25)14(3)17(18,19)20/h14H,5-11H2,1-4H3,(H,21,22). The first kappa shape index (κ1) is 20.5. The predicted octanol–water partition coefficient (Wildman–Crippen LogP) is 2.37. The molecule has 0 saturated carbocycles. The van der Waals surface area contributed by atoms with Crippen LogP contribution in [0.1, 0.15) is 30.4 Å². The highest BCUT2D eigenvalue weighted by Gasteiger charge is 2.41. The summed E-state index contributed by atoms with van der Waals surface area (Å²) >= 11 is 0. The molecule has 0 amide bonds. The molecule has 1 unspecified atom stereocenters. The number of aromatic nitrogens is 1. The molecule has 0 bridgehead atoms. The van der Waals surface area contributed by atoms with Crippen molar-refractivity contribution < 1.29 is 17.7 Å². The van der Waals surface area contributed by atoms with Crippen molar-refractivity contribution in [2.75, 3.05) is 39.8 Å². The highest BCUT2D eigenvalue weighted by Crippen LogP contribution is 2.25. The monoisotopic (exact) mass is 375 g/mol. The van der Waals surface area contributed by atoms with Crippen LogP contribution in [0.4, 0.5) is 13.2 Å². The van der Waals surface area contributed by atoms with E-state index in [2.05, 4.69) is 15.5 Å². The molecule has 1 aliphatic heterocycles. The molecule has 0 aliphatic carbocycles. The maximum Gasteiger partial charge on any atom is 0.403 e. The summed E-state index contributed by atoms with van der Waals surface area (Å²) in [5.74, 6) is 1.59. The maximum atomic E-state index is 12.8. The van der Waals surface area contributed by atoms with Gasteiger partial charge in [0.05, 0.1) is 5.69 Å². The number of guanidine groups is 1. The molecule has 1 atom stereocenters. The lowest BCUT2D eigenvalue weighted by atomic mass is 10.1. The molecule has 1 N–H and O–H groups in total. The van der Waals surface area contributed by atoms with Crippen LogP contribution in [-0.2, 0) is 6.42 Å². The molecule has 0 aromatic carbocycles. The minimum Gasteiger partial charge on any atom is -0.361 e. The molecule has 1 saturated heterocycles. The summed E-state index contributed by atoms with van der Waals surface area (Å²) in [6, 6.07) is -1.41. The zero-order valence-electron chi connectivity index (χ0n) is 15.9. The van der Waals surface area contributed by atoms with Gasteiger partial charge in [-0.3, -0.25) is 9.89 Å². The van der Waals surface area contributed by atoms with Crippen molar-refractivity contribution in [2.24, 2.45) is 4.99 Å². The van der Waals surface area contributed by atoms with Crippen LogP contribution in [0.5, 0.6) is 0 Å². The predicted molar refractivity (Wildman–Crippen MR) is 94.3 cm³/mol. The number of aliphatic imine (C=N–C) groups is 1. The van der Waals surface area contributed by atoms with E-state index in [0.717, 1.165) is 42.4 Å². The fourth-order valence-corrected chi connectivity index (χ4v) is 3.18. The average molecular weight is 375 g/mol. The van der Waals surface area contributed by atoms with Crippen molar-refractivity contribution in [2.45, 2.75) is 45.8 Å². The van der Waals surface area contributed by atoms with Gasteiger partial charge in [0.1, 0.15) is 11.8 Å². The number of alkyl halides is 3. The van der Waals surface area contributed by atoms with Crippen molar-refractivity contribution in [1.82, 2.24) is 20.3 Å². The van der Waals surface area contributed by atoms with Crippen LogP contribution in [-0.4, -0.2) is 72.9 Å². The van der Waals surface area contributed by atoms with Gasteiger partial charge in [-0.15, -0.1) is 0 Å². The zero-order chi connectivity index (χ0) is 19.3. The van der Waals surface area contributed by atoms with Crippen LogP contribution < -0.4 is 5.32 Å². The molecule has 148 valence electrons. The molecule has 1 fully saturated rings. The lowest BCUT2D eigenvalue weighted by Gasteiger charge is -2.39. The van der Waals surface area contributed by atoms with Gasteiger partial charge in [0.2, 0.25) is 0 Å². The van der Waals surface area contributed by atoms with Gasteiger partial charge in [-0.2, -0.15) is 13.2 Å². The van der Waals surface area contributed by atoms with Gasteiger partial charge in [-0.25, -0.2) is 0 Å². The number of halogens is 3. The first-order chi connectivity index (χ1) is 12.2. The van der Waals surface area contributed by atoms with Crippen LogP contribution in [0, 0.1) is 13.8 Å². The lowest BCUT2D eigenvalue weighted by molar-refractivity contribution is -0.181. The van der Waals surface area contributed by atoms with Crippen LogP contribution >= 0.6 is 0 Å². The van der Waals surface area contributed by atoms with Crippen molar-refractivity contribution in [3.63, 3.8) is 0 Å². The molecular formula is C17H28F3N5O. The molecule has 1 aromatic rings. The van der Waals surface area contributed by atoms with E-state index in [4.69, 9.17) is 4.52 Å². The van der Waals surface area contributed by atoms with E-state index in [1.807, 2.05) is 18.7 Å². The highest BCUT2D eigenvalue weighted by molar-refractivity contribution is 5.79. The molecule has 26 heavy (non-hydrogen) atoms. The molecule has 6 nitrogen and oxygen atoms in total. The fraction of sp³-hybridized carbons (Fsp3) is 0.765. The van der Waals surface area contributed by atoms with E-state index in [9.17, 15) is 13.2 Å². The van der Waals surface area contributed by atoms with Crippen LogP contribution in [0.15, 0.2) is 9.52 Å². The van der Waals surface area contributed by atoms with Gasteiger partial charge in [-0.05, 0) is 33.6 Å². The molecule has 0 radical (unpaired) electrons. The first-order valence-corrected chi connectivity index (χ1v) is 8.92. The van der Waals surface area contributed by atoms with Crippen LogP contribution in [0.3, 0.4) is 0 Å². The molecule has 2 rings (SSSR count). The first-order valence-electron chi connectivity index (χ1n) is 8.92. The van der Waals surface area contributed by atoms with Gasteiger partial charge in [0, 0.05) is 45.3 Å². The number of nitrogens with zero attached hydrogens (tertiary/aromatic N) is 4. The highest BCUT2D eigenvalue weighted by atomic mass is 19.4. The second-order valence-electron chi connectivity index (χ2n) is 6.62. The smallest absolute Gasteiger partial charge is 0.361 e. The summed E-state index contributed by atoms with van der Waals surface area (Å²) in [6.07, 6.45) is -2.42. The fourth-order valence-electron chi connectivity index (χ4n) is 3.18. The molecule has 1 aliphatic rings. The van der Waals surface area contributed by atoms with Crippen LogP contribution in [0.25, 0.3) is 0 Å². The average Bonchev–Trinajstić information content (AvgIpc) is 2.92. The minimum atomic E-state index is -4.18. The quantitative estimate of drug-likeness (QED) is 0.486. The Morgan fingerprint density at radius 1 is 1.27 bits per heavy atom. The molecule has 9 heteroatoms. The SMILES string of the molecule is CN=C(NCCCc1c(C)noc1C)N1CCN(C(C)C(F)(F)F)CC1. The van der Waals surface area contributed by atoms with E-state index in [1.54, 1.807) is 7.05 Å². The van der Waals surface area contributed by atoms with Crippen LogP contribution in [0.2, 0.25) is 0 Å². The molecular weight excluding hydrogens is 347 g/mol. The van der Waals surface area contributed by atoms with E-state index in [-0.39, 0.29) is 0 Å². The van der Waals surface area contributed by atoms with Gasteiger partial charge in [0.15, 0.2) is 5.96 Å². The third kappa shape index (κ3) is 5.12. The van der Waals surface area contributed by atoms with Gasteiger partial charge < -0.3 is 14.7 Å². The Morgan fingerprint density at radius 3 is 2.42 bits per heavy atom. The summed E-state index contributed by atoms with van der Waals surface area (Å²) in [7, 11) is 1.70. The summed E-state index contributed by atoms with van der Waals surface area (Å²) in [5.41, 5.74) is 2.05. The van der Waals surface area contributed by atoms with E-state index in [1.165, 1.54) is 11.8 Å². The number of rotatable bonds is 5. The number of piperazine rings is 1. The number of nitrogens with one attached hydrogen (secondary N) is 1. The Morgan fingerprint density at radius 2 is 1.92 bits per heavy atom. The van der Waals surface area contributed by atoms with Crippen molar-refractivity contribution >= 4 is 5.96 Å². The van der Waals surface area contributed by atoms with Gasteiger partial charge in [0.25, 0.3) is 0 Å². The van der Waals surface area contributed by atoms with E-state index < -0.39 is 12.2 Å². The number of hydrogen-bond acceptors (Lipinski definition) is 4. The van der Waals surface area contributed by atoms with Gasteiger partial charge in [-0.1, -0.05) is 5.16 Å². The van der Waals surface area contributed by atoms with E-state index >= 15 is 0 Å². The molecule has 0 spiro atoms. The van der Waals surface area contributed by atoms with Crippen molar-refractivity contribution in [3.05, 3.63) is 17.0 Å². The molecule has 2 heterocycles. The largest absolute Gasteiger partial charge is 0.403 e. The summed E-state index contributed by atoms with van der Waals surface area (Å²) in [5, 5.41) is 7.24. The minimum absolute atomic E-state index is 0.375. The summed E-state index contributed by atoms with van der Waals surface area (Å²) in [4.78, 5) is 7.74. The van der Waals surface area contributed by atoms with Crippen molar-refractivity contribution in [1.29, 1.82) is 0 Å². The number of hydrogen-bond donors (Lipinski definition) is 1. The Labute approximate surface area is 152 Å². The topological polar surface area (TPSA) is 56.9 Å². The summed E-state index contributed by atoms with van der Waals surface area (Å²) in [6.45, 7) is 7.60. The third-order valence-corrected chi connectivity index (χ3v) is 4.91. The second-order valence-corrected chi connectivity index (χ2v) is 6.62.